The number of nitrogens with zero attached hydrogens (tertiary/aromatic N) is 1. The number of aliphatic hydroxyl groups excluding tert-OH is 3. The van der Waals surface area contributed by atoms with Gasteiger partial charge in [0.25, 0.3) is 5.91 Å². The molecule has 0 bridgehead atoms. The number of ether oxygens (including phenoxy) is 2. The molecular formula is C29H32BrN3O6. The maximum atomic E-state index is 14.0. The summed E-state index contributed by atoms with van der Waals surface area (Å²) in [6.07, 6.45) is -0.0430. The number of hydrogen-bond donors (Lipinski definition) is 5. The molecule has 9 nitrogen and oxygen atoms in total. The van der Waals surface area contributed by atoms with E-state index in [2.05, 4.69) is 26.8 Å². The second-order valence-electron chi connectivity index (χ2n) is 9.13. The van der Waals surface area contributed by atoms with Crippen LogP contribution < -0.4 is 15.6 Å². The number of halogens is 1. The van der Waals surface area contributed by atoms with Gasteiger partial charge in [0.2, 0.25) is 5.90 Å². The smallest absolute Gasteiger partial charge is 0.266 e. The minimum atomic E-state index is -1.43. The van der Waals surface area contributed by atoms with Crippen molar-refractivity contribution < 1.29 is 29.6 Å². The topological polar surface area (TPSA) is 133 Å². The molecule has 5 N–H and O–H groups in total. The summed E-state index contributed by atoms with van der Waals surface area (Å²) in [6, 6.07) is 23.5. The Kier molecular flexibility index (Phi) is 10.1. The van der Waals surface area contributed by atoms with Crippen molar-refractivity contribution in [1.29, 1.82) is 0 Å². The molecule has 2 atom stereocenters. The summed E-state index contributed by atoms with van der Waals surface area (Å²) in [7, 11) is 0. The molecule has 0 unspecified atom stereocenters. The molecule has 0 saturated carbocycles. The molecule has 1 heterocycles. The standard InChI is InChI=1S/C29H32BrN3O6/c30-25-10-5-4-9-24(25)26-29(17-20-7-2-1-3-8-20,28(37)33-32-22(18-35)19-36)31-27(39-26)21-11-13-23(14-12-21)38-16-6-15-34/h1-5,7-14,22,26,32,34-36H,6,15-19H2,(H,33,37)/t26-,29-/m0/s1. The van der Waals surface area contributed by atoms with Gasteiger partial charge in [0.1, 0.15) is 5.75 Å². The van der Waals surface area contributed by atoms with Gasteiger partial charge < -0.3 is 24.8 Å². The van der Waals surface area contributed by atoms with E-state index in [0.29, 0.717) is 30.2 Å². The Labute approximate surface area is 235 Å². The lowest BCUT2D eigenvalue weighted by molar-refractivity contribution is -0.130. The van der Waals surface area contributed by atoms with Gasteiger partial charge in [-0.25, -0.2) is 10.4 Å². The zero-order chi connectivity index (χ0) is 27.7. The van der Waals surface area contributed by atoms with Crippen LogP contribution in [0.2, 0.25) is 0 Å². The first-order chi connectivity index (χ1) is 19.0. The highest BCUT2D eigenvalue weighted by molar-refractivity contribution is 9.10. The highest BCUT2D eigenvalue weighted by Gasteiger charge is 2.54. The van der Waals surface area contributed by atoms with E-state index in [1.807, 2.05) is 66.7 Å². The van der Waals surface area contributed by atoms with E-state index in [-0.39, 0.29) is 26.2 Å². The molecule has 1 aliphatic heterocycles. The number of nitrogens with one attached hydrogen (secondary N) is 2. The van der Waals surface area contributed by atoms with Crippen LogP contribution in [0.15, 0.2) is 88.3 Å². The lowest BCUT2D eigenvalue weighted by Gasteiger charge is -2.31. The molecule has 3 aromatic rings. The van der Waals surface area contributed by atoms with Gasteiger partial charge >= 0.3 is 0 Å². The van der Waals surface area contributed by atoms with E-state index in [4.69, 9.17) is 19.6 Å². The third-order valence-electron chi connectivity index (χ3n) is 6.36. The first kappa shape index (κ1) is 28.7. The Morgan fingerprint density at radius 1 is 1.00 bits per heavy atom. The first-order valence-electron chi connectivity index (χ1n) is 12.7. The summed E-state index contributed by atoms with van der Waals surface area (Å²) in [5.74, 6) is 0.465. The van der Waals surface area contributed by atoms with Crippen molar-refractivity contribution in [1.82, 2.24) is 10.9 Å². The summed E-state index contributed by atoms with van der Waals surface area (Å²) in [5, 5.41) is 28.0. The second-order valence-corrected chi connectivity index (χ2v) is 9.99. The predicted octanol–water partition coefficient (Wildman–Crippen LogP) is 2.68. The number of hydrogen-bond acceptors (Lipinski definition) is 8. The van der Waals surface area contributed by atoms with E-state index < -0.39 is 23.6 Å². The molecule has 1 amide bonds. The zero-order valence-electron chi connectivity index (χ0n) is 21.3. The highest BCUT2D eigenvalue weighted by Crippen LogP contribution is 2.44. The first-order valence-corrected chi connectivity index (χ1v) is 13.5. The fourth-order valence-corrected chi connectivity index (χ4v) is 4.77. The Morgan fingerprint density at radius 3 is 2.36 bits per heavy atom. The molecule has 0 spiro atoms. The summed E-state index contributed by atoms with van der Waals surface area (Å²) in [6.45, 7) is -0.286. The highest BCUT2D eigenvalue weighted by atomic mass is 79.9. The molecule has 0 saturated heterocycles. The van der Waals surface area contributed by atoms with Crippen molar-refractivity contribution in [2.24, 2.45) is 4.99 Å². The van der Waals surface area contributed by atoms with Gasteiger partial charge in [-0.1, -0.05) is 64.5 Å². The van der Waals surface area contributed by atoms with Crippen LogP contribution in [-0.2, 0) is 16.0 Å². The Bertz CT molecular complexity index is 1250. The summed E-state index contributed by atoms with van der Waals surface area (Å²) in [4.78, 5) is 18.9. The van der Waals surface area contributed by atoms with Crippen LogP contribution in [-0.4, -0.2) is 65.1 Å². The van der Waals surface area contributed by atoms with E-state index in [1.165, 1.54) is 0 Å². The van der Waals surface area contributed by atoms with Crippen LogP contribution in [0.5, 0.6) is 5.75 Å². The minimum Gasteiger partial charge on any atom is -0.494 e. The van der Waals surface area contributed by atoms with Crippen LogP contribution in [0, 0.1) is 0 Å². The maximum Gasteiger partial charge on any atom is 0.266 e. The van der Waals surface area contributed by atoms with Gasteiger partial charge in [-0.3, -0.25) is 10.2 Å². The summed E-state index contributed by atoms with van der Waals surface area (Å²) < 4.78 is 12.9. The molecule has 0 radical (unpaired) electrons. The molecule has 0 aliphatic carbocycles. The lowest BCUT2D eigenvalue weighted by Crippen LogP contribution is -2.57. The number of aliphatic hydroxyl groups is 3. The van der Waals surface area contributed by atoms with Crippen LogP contribution >= 0.6 is 15.9 Å². The molecule has 206 valence electrons. The summed E-state index contributed by atoms with van der Waals surface area (Å²) >= 11 is 3.61. The fraction of sp³-hybridized carbons (Fsp3) is 0.310. The number of benzene rings is 3. The number of amides is 1. The monoisotopic (exact) mass is 597 g/mol. The van der Waals surface area contributed by atoms with Crippen molar-refractivity contribution in [2.45, 2.75) is 30.5 Å². The average molecular weight is 598 g/mol. The van der Waals surface area contributed by atoms with Gasteiger partial charge in [-0.05, 0) is 35.9 Å². The van der Waals surface area contributed by atoms with Crippen LogP contribution in [0.4, 0.5) is 0 Å². The van der Waals surface area contributed by atoms with Gasteiger partial charge in [-0.15, -0.1) is 0 Å². The van der Waals surface area contributed by atoms with Crippen LogP contribution in [0.3, 0.4) is 0 Å². The van der Waals surface area contributed by atoms with Crippen LogP contribution in [0.1, 0.15) is 29.2 Å². The molecule has 1 aliphatic rings. The van der Waals surface area contributed by atoms with Gasteiger partial charge in [-0.2, -0.15) is 0 Å². The number of hydrazine groups is 1. The third-order valence-corrected chi connectivity index (χ3v) is 7.09. The quantitative estimate of drug-likeness (QED) is 0.151. The van der Waals surface area contributed by atoms with Crippen molar-refractivity contribution >= 4 is 27.7 Å². The Hall–Kier alpha value is -3.28. The third kappa shape index (κ3) is 6.84. The molecule has 0 fully saturated rings. The van der Waals surface area contributed by atoms with E-state index in [1.54, 1.807) is 12.1 Å². The SMILES string of the molecule is O=C(NNC(CO)CO)[C@@]1(Cc2ccccc2)N=C(c2ccc(OCCCO)cc2)O[C@H]1c1ccccc1Br. The average Bonchev–Trinajstić information content (AvgIpc) is 3.35. The van der Waals surface area contributed by atoms with E-state index in [9.17, 15) is 15.0 Å². The second kappa shape index (κ2) is 13.7. The van der Waals surface area contributed by atoms with Crippen molar-refractivity contribution in [3.05, 3.63) is 100 Å². The van der Waals surface area contributed by atoms with Gasteiger partial charge in [0.15, 0.2) is 11.6 Å². The predicted molar refractivity (Wildman–Crippen MR) is 150 cm³/mol. The van der Waals surface area contributed by atoms with Crippen molar-refractivity contribution in [3.63, 3.8) is 0 Å². The lowest BCUT2D eigenvalue weighted by atomic mass is 9.82. The van der Waals surface area contributed by atoms with Crippen LogP contribution in [0.25, 0.3) is 0 Å². The van der Waals surface area contributed by atoms with Crippen molar-refractivity contribution in [2.75, 3.05) is 26.4 Å². The largest absolute Gasteiger partial charge is 0.494 e. The van der Waals surface area contributed by atoms with Gasteiger partial charge in [0.05, 0.1) is 25.9 Å². The fourth-order valence-electron chi connectivity index (χ4n) is 4.28. The normalized spacial score (nSPS) is 18.5. The van der Waals surface area contributed by atoms with E-state index >= 15 is 0 Å². The number of rotatable bonds is 13. The Balaban J connectivity index is 1.76. The Morgan fingerprint density at radius 2 is 1.69 bits per heavy atom. The minimum absolute atomic E-state index is 0.0525. The van der Waals surface area contributed by atoms with E-state index in [0.717, 1.165) is 15.6 Å². The number of carbonyl (C=O) groups excluding carboxylic acids is 1. The number of carbonyl (C=O) groups is 1. The molecule has 0 aromatic heterocycles. The number of aliphatic imine (C=N–C) groups is 1. The molecular weight excluding hydrogens is 566 g/mol. The molecule has 4 rings (SSSR count). The molecule has 10 heteroatoms. The molecule has 39 heavy (non-hydrogen) atoms. The van der Waals surface area contributed by atoms with Crippen molar-refractivity contribution in [3.8, 4) is 5.75 Å². The zero-order valence-corrected chi connectivity index (χ0v) is 22.9. The maximum absolute atomic E-state index is 14.0. The van der Waals surface area contributed by atoms with Gasteiger partial charge in [0, 0.05) is 35.0 Å². The molecule has 3 aromatic carbocycles. The summed E-state index contributed by atoms with van der Waals surface area (Å²) in [5.41, 5.74) is 6.23.